The van der Waals surface area contributed by atoms with E-state index >= 15 is 0 Å². The maximum absolute atomic E-state index is 14.0. The van der Waals surface area contributed by atoms with Crippen molar-refractivity contribution in [2.75, 3.05) is 13.2 Å². The number of aliphatic hydroxyl groups excluding tert-OH is 1. The van der Waals surface area contributed by atoms with E-state index in [0.717, 1.165) is 16.7 Å². The third kappa shape index (κ3) is 5.31. The van der Waals surface area contributed by atoms with Crippen molar-refractivity contribution < 1.29 is 33.9 Å². The van der Waals surface area contributed by atoms with Gasteiger partial charge in [-0.25, -0.2) is 4.39 Å². The molecule has 0 unspecified atom stereocenters. The molecule has 4 atom stereocenters. The molecule has 1 aliphatic carbocycles. The Morgan fingerprint density at radius 2 is 1.92 bits per heavy atom. The van der Waals surface area contributed by atoms with E-state index in [-0.39, 0.29) is 30.7 Å². The van der Waals surface area contributed by atoms with Gasteiger partial charge in [-0.2, -0.15) is 0 Å². The summed E-state index contributed by atoms with van der Waals surface area (Å²) < 4.78 is 20.1. The van der Waals surface area contributed by atoms with E-state index in [1.165, 1.54) is 17.0 Å². The maximum atomic E-state index is 14.0. The first kappa shape index (κ1) is 27.3. The smallest absolute Gasteiger partial charge is 0.455 e. The summed E-state index contributed by atoms with van der Waals surface area (Å²) >= 11 is 0. The molecule has 2 aliphatic heterocycles. The molecule has 5 rings (SSSR count). The summed E-state index contributed by atoms with van der Waals surface area (Å²) in [5, 5.41) is 30.6. The van der Waals surface area contributed by atoms with Gasteiger partial charge in [0.15, 0.2) is 11.6 Å². The lowest BCUT2D eigenvalue weighted by atomic mass is 9.58. The standard InChI is InChI=1S/C30H33BFNO6/c1-2-12-33-29(36)22-15-21(17-34)27-23(28(22)30(33)37)16-31(38)39-26(27)11-9-20(19-6-4-3-5-7-19)13-18-8-10-25(35)24(32)14-18/h3-8,10,13-14,22-23,26,28,34-35,38H,2,9,11-12,15-17H2,1H3/b20-13-/t22-,23+,26-,28-/m1/s1. The van der Waals surface area contributed by atoms with Crippen LogP contribution >= 0.6 is 0 Å². The second-order valence-electron chi connectivity index (χ2n) is 10.6. The molecule has 0 aromatic heterocycles. The van der Waals surface area contributed by atoms with Gasteiger partial charge < -0.3 is 19.9 Å². The Hall–Kier alpha value is -3.27. The number of amides is 2. The van der Waals surface area contributed by atoms with Crippen LogP contribution in [0.2, 0.25) is 6.32 Å². The highest BCUT2D eigenvalue weighted by atomic mass is 19.1. The number of phenolic OH excluding ortho intramolecular Hbond substituents is 1. The average Bonchev–Trinajstić information content (AvgIpc) is 3.17. The third-order valence-corrected chi connectivity index (χ3v) is 8.17. The number of hydrogen-bond acceptors (Lipinski definition) is 6. The number of aliphatic hydroxyl groups is 1. The van der Waals surface area contributed by atoms with E-state index in [0.29, 0.717) is 43.4 Å². The van der Waals surface area contributed by atoms with Crippen molar-refractivity contribution in [3.63, 3.8) is 0 Å². The van der Waals surface area contributed by atoms with Gasteiger partial charge >= 0.3 is 7.12 Å². The van der Waals surface area contributed by atoms with Crippen molar-refractivity contribution in [3.8, 4) is 5.75 Å². The molecule has 2 aromatic rings. The number of hydrogen-bond donors (Lipinski definition) is 3. The first-order valence-corrected chi connectivity index (χ1v) is 13.6. The summed E-state index contributed by atoms with van der Waals surface area (Å²) in [6.07, 6.45) is 3.44. The lowest BCUT2D eigenvalue weighted by Crippen LogP contribution is -2.46. The van der Waals surface area contributed by atoms with Crippen LogP contribution in [0.1, 0.15) is 43.7 Å². The molecule has 0 spiro atoms. The number of fused-ring (bicyclic) bond motifs is 3. The molecule has 2 heterocycles. The molecule has 3 aliphatic rings. The molecule has 0 bridgehead atoms. The largest absolute Gasteiger partial charge is 0.505 e. The molecule has 9 heteroatoms. The van der Waals surface area contributed by atoms with Crippen LogP contribution < -0.4 is 0 Å². The molecular weight excluding hydrogens is 500 g/mol. The van der Waals surface area contributed by atoms with E-state index in [1.54, 1.807) is 6.07 Å². The summed E-state index contributed by atoms with van der Waals surface area (Å²) in [6.45, 7) is 2.05. The quantitative estimate of drug-likeness (QED) is 0.205. The minimum Gasteiger partial charge on any atom is -0.505 e. The number of aromatic hydroxyl groups is 1. The lowest BCUT2D eigenvalue weighted by molar-refractivity contribution is -0.140. The van der Waals surface area contributed by atoms with E-state index in [9.17, 15) is 29.2 Å². The zero-order valence-electron chi connectivity index (χ0n) is 21.9. The zero-order valence-corrected chi connectivity index (χ0v) is 21.9. The summed E-state index contributed by atoms with van der Waals surface area (Å²) in [6, 6.07) is 13.9. The Balaban J connectivity index is 1.46. The molecule has 2 saturated heterocycles. The molecule has 39 heavy (non-hydrogen) atoms. The predicted molar refractivity (Wildman–Crippen MR) is 145 cm³/mol. The highest BCUT2D eigenvalue weighted by Crippen LogP contribution is 2.50. The number of allylic oxidation sites excluding steroid dienone is 1. The summed E-state index contributed by atoms with van der Waals surface area (Å²) in [5.41, 5.74) is 3.97. The molecule has 3 N–H and O–H groups in total. The minimum atomic E-state index is -1.10. The molecule has 0 saturated carbocycles. The Morgan fingerprint density at radius 1 is 1.15 bits per heavy atom. The Kier molecular flexibility index (Phi) is 8.02. The Morgan fingerprint density at radius 3 is 2.62 bits per heavy atom. The summed E-state index contributed by atoms with van der Waals surface area (Å²) in [5.74, 6) is -2.97. The Labute approximate surface area is 227 Å². The zero-order chi connectivity index (χ0) is 27.7. The van der Waals surface area contributed by atoms with Crippen LogP contribution in [0, 0.1) is 23.6 Å². The van der Waals surface area contributed by atoms with E-state index < -0.39 is 36.6 Å². The highest BCUT2D eigenvalue weighted by Gasteiger charge is 2.56. The number of benzene rings is 2. The number of carbonyl (C=O) groups is 2. The molecule has 204 valence electrons. The van der Waals surface area contributed by atoms with Crippen LogP contribution in [-0.4, -0.2) is 58.3 Å². The van der Waals surface area contributed by atoms with E-state index in [2.05, 4.69) is 0 Å². The molecule has 2 amide bonds. The van der Waals surface area contributed by atoms with Gasteiger partial charge in [0.05, 0.1) is 24.5 Å². The van der Waals surface area contributed by atoms with Crippen LogP contribution in [0.25, 0.3) is 11.6 Å². The molecule has 2 fully saturated rings. The normalized spacial score (nSPS) is 25.3. The van der Waals surface area contributed by atoms with Crippen molar-refractivity contribution in [1.82, 2.24) is 4.90 Å². The van der Waals surface area contributed by atoms with Crippen LogP contribution in [0.5, 0.6) is 5.75 Å². The van der Waals surface area contributed by atoms with Gasteiger partial charge in [0, 0.05) is 6.54 Å². The van der Waals surface area contributed by atoms with Crippen LogP contribution in [-0.2, 0) is 14.2 Å². The monoisotopic (exact) mass is 533 g/mol. The van der Waals surface area contributed by atoms with Crippen molar-refractivity contribution in [2.45, 2.75) is 45.0 Å². The van der Waals surface area contributed by atoms with Gasteiger partial charge in [0.1, 0.15) is 0 Å². The number of halogens is 1. The SMILES string of the molecule is CCCN1C(=O)[C@@H]2[C@@H](CC(CO)=C3[C@@H](CC/C(=C/c4ccc(O)c(F)c4)c4ccccc4)OB(O)C[C@@H]32)C1=O. The summed E-state index contributed by atoms with van der Waals surface area (Å²) in [7, 11) is -1.10. The van der Waals surface area contributed by atoms with E-state index in [4.69, 9.17) is 4.65 Å². The first-order valence-electron chi connectivity index (χ1n) is 13.6. The number of carbonyl (C=O) groups excluding carboxylic acids is 2. The Bertz CT molecular complexity index is 1310. The van der Waals surface area contributed by atoms with E-state index in [1.807, 2.05) is 43.3 Å². The minimum absolute atomic E-state index is 0.190. The number of imide groups is 1. The molecule has 7 nitrogen and oxygen atoms in total. The van der Waals surface area contributed by atoms with Crippen LogP contribution in [0.15, 0.2) is 59.7 Å². The van der Waals surface area contributed by atoms with Crippen molar-refractivity contribution in [3.05, 3.63) is 76.6 Å². The first-order chi connectivity index (χ1) is 18.8. The van der Waals surface area contributed by atoms with Crippen LogP contribution in [0.4, 0.5) is 4.39 Å². The molecular formula is C30H33BFNO6. The lowest BCUT2D eigenvalue weighted by Gasteiger charge is -2.43. The van der Waals surface area contributed by atoms with Crippen molar-refractivity contribution >= 4 is 30.6 Å². The predicted octanol–water partition coefficient (Wildman–Crippen LogP) is 4.05. The van der Waals surface area contributed by atoms with Gasteiger partial charge in [-0.05, 0) is 77.9 Å². The molecule has 0 radical (unpaired) electrons. The van der Waals surface area contributed by atoms with Gasteiger partial charge in [0.2, 0.25) is 11.8 Å². The van der Waals surface area contributed by atoms with Gasteiger partial charge in [-0.3, -0.25) is 14.5 Å². The number of rotatable bonds is 8. The average molecular weight is 533 g/mol. The van der Waals surface area contributed by atoms with Crippen LogP contribution in [0.3, 0.4) is 0 Å². The van der Waals surface area contributed by atoms with Gasteiger partial charge in [-0.1, -0.05) is 49.4 Å². The van der Waals surface area contributed by atoms with Crippen molar-refractivity contribution in [2.24, 2.45) is 17.8 Å². The fraction of sp³-hybridized carbons (Fsp3) is 0.400. The fourth-order valence-corrected chi connectivity index (χ4v) is 6.47. The van der Waals surface area contributed by atoms with Gasteiger partial charge in [0.25, 0.3) is 0 Å². The fourth-order valence-electron chi connectivity index (χ4n) is 6.47. The summed E-state index contributed by atoms with van der Waals surface area (Å²) in [4.78, 5) is 27.8. The second-order valence-corrected chi connectivity index (χ2v) is 10.6. The van der Waals surface area contributed by atoms with Gasteiger partial charge in [-0.15, -0.1) is 0 Å². The molecule has 2 aromatic carbocycles. The number of nitrogens with zero attached hydrogens (tertiary/aromatic N) is 1. The highest BCUT2D eigenvalue weighted by molar-refractivity contribution is 6.43. The van der Waals surface area contributed by atoms with Crippen molar-refractivity contribution in [1.29, 1.82) is 0 Å². The maximum Gasteiger partial charge on any atom is 0.455 e. The number of phenols is 1. The second kappa shape index (κ2) is 11.5. The number of likely N-dealkylation sites (tertiary alicyclic amines) is 1. The topological polar surface area (TPSA) is 107 Å². The third-order valence-electron chi connectivity index (χ3n) is 8.17.